The molecule has 2 rings (SSSR count). The summed E-state index contributed by atoms with van der Waals surface area (Å²) in [6.45, 7) is 5.08. The van der Waals surface area contributed by atoms with Crippen molar-refractivity contribution < 1.29 is 23.9 Å². The number of hydrogen-bond donors (Lipinski definition) is 0. The molecule has 1 atom stereocenters. The lowest BCUT2D eigenvalue weighted by Gasteiger charge is -2.28. The number of imide groups is 1. The fourth-order valence-corrected chi connectivity index (χ4v) is 2.65. The summed E-state index contributed by atoms with van der Waals surface area (Å²) in [5, 5.41) is 0. The van der Waals surface area contributed by atoms with Gasteiger partial charge in [-0.3, -0.25) is 19.3 Å². The van der Waals surface area contributed by atoms with Crippen LogP contribution in [0.2, 0.25) is 0 Å². The number of carbonyl (C=O) groups is 4. The van der Waals surface area contributed by atoms with Crippen LogP contribution in [0, 0.1) is 5.41 Å². The van der Waals surface area contributed by atoms with E-state index in [9.17, 15) is 19.2 Å². The molecule has 1 fully saturated rings. The molecule has 1 aliphatic heterocycles. The van der Waals surface area contributed by atoms with E-state index in [-0.39, 0.29) is 19.4 Å². The number of ether oxygens (including phenoxy) is 1. The van der Waals surface area contributed by atoms with E-state index in [0.717, 1.165) is 10.5 Å². The number of amides is 2. The summed E-state index contributed by atoms with van der Waals surface area (Å²) in [6.07, 6.45) is -0.217. The highest BCUT2D eigenvalue weighted by molar-refractivity contribution is 6.17. The summed E-state index contributed by atoms with van der Waals surface area (Å²) in [5.74, 6) is -1.97. The Hall–Kier alpha value is -2.50. The summed E-state index contributed by atoms with van der Waals surface area (Å²) in [4.78, 5) is 49.8. The van der Waals surface area contributed by atoms with Crippen LogP contribution in [-0.4, -0.2) is 34.6 Å². The van der Waals surface area contributed by atoms with Crippen molar-refractivity contribution in [3.8, 4) is 0 Å². The second-order valence-corrected chi connectivity index (χ2v) is 6.90. The lowest BCUT2D eigenvalue weighted by atomic mass is 9.83. The molecule has 0 radical (unpaired) electrons. The maximum Gasteiger partial charge on any atom is 0.323 e. The molecule has 1 aromatic carbocycles. The van der Waals surface area contributed by atoms with Crippen molar-refractivity contribution in [3.05, 3.63) is 35.9 Å². The first-order chi connectivity index (χ1) is 11.2. The zero-order valence-electron chi connectivity index (χ0n) is 14.1. The van der Waals surface area contributed by atoms with E-state index in [0.29, 0.717) is 6.29 Å². The Bertz CT molecular complexity index is 662. The van der Waals surface area contributed by atoms with Crippen LogP contribution < -0.4 is 0 Å². The summed E-state index contributed by atoms with van der Waals surface area (Å²) in [7, 11) is 0. The van der Waals surface area contributed by atoms with E-state index < -0.39 is 28.8 Å². The van der Waals surface area contributed by atoms with Crippen molar-refractivity contribution in [2.75, 3.05) is 0 Å². The van der Waals surface area contributed by atoms with Crippen molar-refractivity contribution in [3.63, 3.8) is 0 Å². The second kappa shape index (κ2) is 6.55. The first kappa shape index (κ1) is 17.8. The Balaban J connectivity index is 2.30. The number of rotatable bonds is 5. The zero-order valence-corrected chi connectivity index (χ0v) is 14.1. The highest BCUT2D eigenvalue weighted by Gasteiger charge is 2.58. The Morgan fingerprint density at radius 2 is 1.88 bits per heavy atom. The van der Waals surface area contributed by atoms with Gasteiger partial charge in [-0.2, -0.15) is 0 Å². The van der Waals surface area contributed by atoms with Crippen LogP contribution in [0.15, 0.2) is 30.3 Å². The molecule has 0 aromatic heterocycles. The molecule has 2 amide bonds. The molecule has 0 N–H and O–H groups in total. The molecule has 1 heterocycles. The number of nitrogens with zero attached hydrogens (tertiary/aromatic N) is 1. The number of esters is 1. The monoisotopic (exact) mass is 331 g/mol. The van der Waals surface area contributed by atoms with Crippen molar-refractivity contribution in [1.29, 1.82) is 0 Å². The topological polar surface area (TPSA) is 80.8 Å². The maximum atomic E-state index is 12.8. The van der Waals surface area contributed by atoms with Gasteiger partial charge in [0.05, 0.1) is 13.0 Å². The third-order valence-electron chi connectivity index (χ3n) is 3.81. The number of benzene rings is 1. The second-order valence-electron chi connectivity index (χ2n) is 6.90. The van der Waals surface area contributed by atoms with Crippen LogP contribution in [0.3, 0.4) is 0 Å². The third kappa shape index (κ3) is 3.53. The Morgan fingerprint density at radius 1 is 1.25 bits per heavy atom. The van der Waals surface area contributed by atoms with Crippen molar-refractivity contribution in [1.82, 2.24) is 4.90 Å². The third-order valence-corrected chi connectivity index (χ3v) is 3.81. The number of aldehydes is 1. The molecule has 0 aliphatic carbocycles. The van der Waals surface area contributed by atoms with E-state index in [2.05, 4.69) is 0 Å². The van der Waals surface area contributed by atoms with Gasteiger partial charge in [-0.15, -0.1) is 0 Å². The molecular weight excluding hydrogens is 310 g/mol. The molecule has 6 heteroatoms. The standard InChI is InChI=1S/C18H21NO5/c1-17(2,3)24-16(23)18(9-10-20)11-14(21)19(15(18)22)12-13-7-5-4-6-8-13/h4-8,10H,9,11-12H2,1-3H3/t18-/m1/s1. The average Bonchev–Trinajstić information content (AvgIpc) is 2.72. The van der Waals surface area contributed by atoms with Gasteiger partial charge in [0.2, 0.25) is 11.8 Å². The predicted molar refractivity (Wildman–Crippen MR) is 85.6 cm³/mol. The van der Waals surface area contributed by atoms with Crippen LogP contribution in [-0.2, 0) is 30.5 Å². The highest BCUT2D eigenvalue weighted by atomic mass is 16.6. The molecule has 128 valence electrons. The van der Waals surface area contributed by atoms with E-state index >= 15 is 0 Å². The van der Waals surface area contributed by atoms with Crippen molar-refractivity contribution >= 4 is 24.1 Å². The quantitative estimate of drug-likeness (QED) is 0.356. The SMILES string of the molecule is CC(C)(C)OC(=O)[C@]1(CC=O)CC(=O)N(Cc2ccccc2)C1=O. The first-order valence-corrected chi connectivity index (χ1v) is 7.75. The largest absolute Gasteiger partial charge is 0.459 e. The van der Waals surface area contributed by atoms with E-state index in [1.54, 1.807) is 45.0 Å². The van der Waals surface area contributed by atoms with Gasteiger partial charge >= 0.3 is 5.97 Å². The molecule has 1 aliphatic rings. The normalized spacial score (nSPS) is 21.0. The molecule has 24 heavy (non-hydrogen) atoms. The first-order valence-electron chi connectivity index (χ1n) is 7.75. The summed E-state index contributed by atoms with van der Waals surface area (Å²) in [5.41, 5.74) is -1.80. The van der Waals surface area contributed by atoms with Gasteiger partial charge in [0.15, 0.2) is 5.41 Å². The Kier molecular flexibility index (Phi) is 4.87. The van der Waals surface area contributed by atoms with Gasteiger partial charge in [-0.1, -0.05) is 30.3 Å². The fourth-order valence-electron chi connectivity index (χ4n) is 2.65. The van der Waals surface area contributed by atoms with Crippen LogP contribution in [0.1, 0.15) is 39.2 Å². The number of carbonyl (C=O) groups excluding carboxylic acids is 4. The van der Waals surface area contributed by atoms with Gasteiger partial charge in [-0.25, -0.2) is 0 Å². The van der Waals surface area contributed by atoms with Gasteiger partial charge < -0.3 is 9.53 Å². The maximum absolute atomic E-state index is 12.8. The Labute approximate surface area is 140 Å². The average molecular weight is 331 g/mol. The van der Waals surface area contributed by atoms with Gasteiger partial charge in [-0.05, 0) is 26.3 Å². The molecule has 0 spiro atoms. The van der Waals surface area contributed by atoms with E-state index in [1.807, 2.05) is 6.07 Å². The summed E-state index contributed by atoms with van der Waals surface area (Å²) >= 11 is 0. The van der Waals surface area contributed by atoms with Crippen LogP contribution in [0.25, 0.3) is 0 Å². The predicted octanol–water partition coefficient (Wildman–Crippen LogP) is 1.86. The lowest BCUT2D eigenvalue weighted by Crippen LogP contribution is -2.44. The molecule has 6 nitrogen and oxygen atoms in total. The Morgan fingerprint density at radius 3 is 2.42 bits per heavy atom. The highest BCUT2D eigenvalue weighted by Crippen LogP contribution is 2.38. The van der Waals surface area contributed by atoms with Crippen molar-refractivity contribution in [2.24, 2.45) is 5.41 Å². The molecule has 1 aromatic rings. The minimum absolute atomic E-state index is 0.0713. The number of likely N-dealkylation sites (tertiary alicyclic amines) is 1. The van der Waals surface area contributed by atoms with E-state index in [1.165, 1.54) is 0 Å². The molecule has 0 saturated carbocycles. The minimum atomic E-state index is -1.75. The smallest absolute Gasteiger partial charge is 0.323 e. The van der Waals surface area contributed by atoms with Crippen molar-refractivity contribution in [2.45, 2.75) is 45.8 Å². The summed E-state index contributed by atoms with van der Waals surface area (Å²) in [6, 6.07) is 9.00. The van der Waals surface area contributed by atoms with Crippen LogP contribution in [0.4, 0.5) is 0 Å². The molecule has 0 bridgehead atoms. The van der Waals surface area contributed by atoms with E-state index in [4.69, 9.17) is 4.74 Å². The van der Waals surface area contributed by atoms with Gasteiger partial charge in [0.1, 0.15) is 11.9 Å². The van der Waals surface area contributed by atoms with Crippen LogP contribution in [0.5, 0.6) is 0 Å². The van der Waals surface area contributed by atoms with Gasteiger partial charge in [0, 0.05) is 6.42 Å². The van der Waals surface area contributed by atoms with Gasteiger partial charge in [0.25, 0.3) is 0 Å². The molecule has 0 unspecified atom stereocenters. The molecular formula is C18H21NO5. The zero-order chi connectivity index (χ0) is 18.0. The molecule has 1 saturated heterocycles. The minimum Gasteiger partial charge on any atom is -0.459 e. The lowest BCUT2D eigenvalue weighted by molar-refractivity contribution is -0.172. The number of hydrogen-bond acceptors (Lipinski definition) is 5. The fraction of sp³-hybridized carbons (Fsp3) is 0.444. The summed E-state index contributed by atoms with van der Waals surface area (Å²) < 4.78 is 5.30. The van der Waals surface area contributed by atoms with Crippen LogP contribution >= 0.6 is 0 Å².